The molecule has 14 heavy (non-hydrogen) atoms. The lowest BCUT2D eigenvalue weighted by Gasteiger charge is -2.04. The van der Waals surface area contributed by atoms with Gasteiger partial charge in [0.1, 0.15) is 5.82 Å². The van der Waals surface area contributed by atoms with Crippen molar-refractivity contribution in [3.8, 4) is 0 Å². The minimum atomic E-state index is -1.42. The van der Waals surface area contributed by atoms with E-state index in [1.54, 1.807) is 0 Å². The Morgan fingerprint density at radius 3 is 2.43 bits per heavy atom. The summed E-state index contributed by atoms with van der Waals surface area (Å²) in [5.74, 6) is -2.41. The molecule has 0 radical (unpaired) electrons. The fraction of sp³-hybridized carbons (Fsp3) is 0. The lowest BCUT2D eigenvalue weighted by Crippen LogP contribution is -2.02. The Morgan fingerprint density at radius 1 is 1.43 bits per heavy atom. The summed E-state index contributed by atoms with van der Waals surface area (Å²) in [5.41, 5.74) is -0.846. The number of aromatic carboxylic acids is 1. The molecule has 0 aliphatic heterocycles. The molecule has 0 aliphatic rings. The van der Waals surface area contributed by atoms with E-state index in [1.165, 1.54) is 0 Å². The van der Waals surface area contributed by atoms with Gasteiger partial charge >= 0.3 is 5.97 Å². The van der Waals surface area contributed by atoms with Crippen LogP contribution in [0.2, 0.25) is 10.0 Å². The van der Waals surface area contributed by atoms with Crippen LogP contribution in [0.5, 0.6) is 0 Å². The van der Waals surface area contributed by atoms with E-state index in [0.29, 0.717) is 6.07 Å². The molecule has 1 rings (SSSR count). The van der Waals surface area contributed by atoms with E-state index in [1.807, 2.05) is 0 Å². The van der Waals surface area contributed by atoms with Crippen LogP contribution in [0.25, 0.3) is 0 Å². The standard InChI is InChI=1S/C8H3Cl2FO3/c9-6-3(8(13)14)1-5(11)7(10)4(6)2-12/h1-2H,(H,13,14). The minimum absolute atomic E-state index is 0.209. The zero-order valence-electron chi connectivity index (χ0n) is 6.55. The van der Waals surface area contributed by atoms with Crippen molar-refractivity contribution in [1.29, 1.82) is 0 Å². The summed E-state index contributed by atoms with van der Waals surface area (Å²) < 4.78 is 13.0. The molecule has 0 unspecified atom stereocenters. The summed E-state index contributed by atoms with van der Waals surface area (Å²) in [6.07, 6.45) is 0.209. The highest BCUT2D eigenvalue weighted by Gasteiger charge is 2.18. The van der Waals surface area contributed by atoms with Gasteiger partial charge in [0.15, 0.2) is 6.29 Å². The monoisotopic (exact) mass is 236 g/mol. The van der Waals surface area contributed by atoms with E-state index in [4.69, 9.17) is 28.3 Å². The Bertz CT molecular complexity index is 418. The molecule has 74 valence electrons. The summed E-state index contributed by atoms with van der Waals surface area (Å²) in [4.78, 5) is 21.0. The number of halogens is 3. The highest BCUT2D eigenvalue weighted by atomic mass is 35.5. The third-order valence-electron chi connectivity index (χ3n) is 1.54. The highest BCUT2D eigenvalue weighted by Crippen LogP contribution is 2.29. The second-order valence-electron chi connectivity index (χ2n) is 2.37. The van der Waals surface area contributed by atoms with E-state index < -0.39 is 22.4 Å². The molecular weight excluding hydrogens is 234 g/mol. The molecule has 0 aromatic heterocycles. The molecule has 0 fully saturated rings. The second-order valence-corrected chi connectivity index (χ2v) is 3.13. The zero-order valence-corrected chi connectivity index (χ0v) is 8.06. The Balaban J connectivity index is 3.58. The number of carbonyl (C=O) groups is 2. The van der Waals surface area contributed by atoms with Crippen LogP contribution in [0.3, 0.4) is 0 Å². The second kappa shape index (κ2) is 3.94. The average molecular weight is 237 g/mol. The molecule has 1 aromatic rings. The Kier molecular flexibility index (Phi) is 3.08. The summed E-state index contributed by atoms with van der Waals surface area (Å²) in [7, 11) is 0. The molecule has 0 amide bonds. The molecule has 3 nitrogen and oxygen atoms in total. The number of carboxylic acids is 1. The summed E-state index contributed by atoms with van der Waals surface area (Å²) in [6.45, 7) is 0. The first kappa shape index (κ1) is 10.9. The molecule has 0 bridgehead atoms. The van der Waals surface area contributed by atoms with Crippen LogP contribution >= 0.6 is 23.2 Å². The molecule has 0 spiro atoms. The van der Waals surface area contributed by atoms with Crippen molar-refractivity contribution < 1.29 is 19.1 Å². The molecular formula is C8H3Cl2FO3. The largest absolute Gasteiger partial charge is 0.478 e. The lowest BCUT2D eigenvalue weighted by molar-refractivity contribution is 0.0696. The first-order chi connectivity index (χ1) is 6.49. The molecule has 0 saturated carbocycles. The van der Waals surface area contributed by atoms with Gasteiger partial charge in [0.05, 0.1) is 21.2 Å². The van der Waals surface area contributed by atoms with Gasteiger partial charge in [-0.05, 0) is 6.07 Å². The quantitative estimate of drug-likeness (QED) is 0.635. The smallest absolute Gasteiger partial charge is 0.337 e. The van der Waals surface area contributed by atoms with Crippen molar-refractivity contribution in [1.82, 2.24) is 0 Å². The van der Waals surface area contributed by atoms with Crippen LogP contribution in [0, 0.1) is 5.82 Å². The van der Waals surface area contributed by atoms with Crippen molar-refractivity contribution in [2.45, 2.75) is 0 Å². The van der Waals surface area contributed by atoms with E-state index in [9.17, 15) is 14.0 Å². The topological polar surface area (TPSA) is 54.4 Å². The van der Waals surface area contributed by atoms with Crippen molar-refractivity contribution in [3.05, 3.63) is 33.1 Å². The third-order valence-corrected chi connectivity index (χ3v) is 2.33. The molecule has 0 heterocycles. The van der Waals surface area contributed by atoms with Crippen LogP contribution < -0.4 is 0 Å². The van der Waals surface area contributed by atoms with Gasteiger partial charge in [-0.15, -0.1) is 0 Å². The summed E-state index contributed by atoms with van der Waals surface area (Å²) in [6, 6.07) is 0.667. The number of rotatable bonds is 2. The first-order valence-electron chi connectivity index (χ1n) is 3.35. The zero-order chi connectivity index (χ0) is 10.9. The van der Waals surface area contributed by atoms with Gasteiger partial charge in [0.25, 0.3) is 0 Å². The van der Waals surface area contributed by atoms with E-state index in [-0.39, 0.29) is 16.9 Å². The predicted molar refractivity (Wildman–Crippen MR) is 48.8 cm³/mol. The van der Waals surface area contributed by atoms with Gasteiger partial charge < -0.3 is 5.11 Å². The highest BCUT2D eigenvalue weighted by molar-refractivity contribution is 6.40. The van der Waals surface area contributed by atoms with Gasteiger partial charge in [-0.25, -0.2) is 9.18 Å². The maximum absolute atomic E-state index is 13.0. The molecule has 0 saturated heterocycles. The third kappa shape index (κ3) is 1.71. The molecule has 6 heteroatoms. The van der Waals surface area contributed by atoms with Crippen molar-refractivity contribution in [3.63, 3.8) is 0 Å². The fourth-order valence-electron chi connectivity index (χ4n) is 0.883. The Hall–Kier alpha value is -1.13. The Morgan fingerprint density at radius 2 is 2.00 bits per heavy atom. The predicted octanol–water partition coefficient (Wildman–Crippen LogP) is 2.64. The molecule has 0 atom stereocenters. The van der Waals surface area contributed by atoms with Gasteiger partial charge in [0.2, 0.25) is 0 Å². The van der Waals surface area contributed by atoms with Crippen LogP contribution in [0.15, 0.2) is 6.07 Å². The van der Waals surface area contributed by atoms with Gasteiger partial charge in [-0.1, -0.05) is 23.2 Å². The van der Waals surface area contributed by atoms with Crippen molar-refractivity contribution in [2.75, 3.05) is 0 Å². The van der Waals surface area contributed by atoms with E-state index >= 15 is 0 Å². The molecule has 1 N–H and O–H groups in total. The number of benzene rings is 1. The van der Waals surface area contributed by atoms with Crippen LogP contribution in [0.1, 0.15) is 20.7 Å². The Labute approximate surface area is 88.1 Å². The van der Waals surface area contributed by atoms with Gasteiger partial charge in [-0.3, -0.25) is 4.79 Å². The van der Waals surface area contributed by atoms with Gasteiger partial charge in [0, 0.05) is 0 Å². The summed E-state index contributed by atoms with van der Waals surface area (Å²) >= 11 is 10.9. The van der Waals surface area contributed by atoms with Crippen LogP contribution in [-0.2, 0) is 0 Å². The molecule has 1 aromatic carbocycles. The average Bonchev–Trinajstić information content (AvgIpc) is 2.12. The SMILES string of the molecule is O=Cc1c(Cl)c(F)cc(C(=O)O)c1Cl. The van der Waals surface area contributed by atoms with Crippen molar-refractivity contribution >= 4 is 35.5 Å². The lowest BCUT2D eigenvalue weighted by atomic mass is 10.1. The number of carbonyl (C=O) groups excluding carboxylic acids is 1. The van der Waals surface area contributed by atoms with Gasteiger partial charge in [-0.2, -0.15) is 0 Å². The van der Waals surface area contributed by atoms with E-state index in [2.05, 4.69) is 0 Å². The van der Waals surface area contributed by atoms with Crippen molar-refractivity contribution in [2.24, 2.45) is 0 Å². The maximum atomic E-state index is 13.0. The van der Waals surface area contributed by atoms with E-state index in [0.717, 1.165) is 0 Å². The van der Waals surface area contributed by atoms with Crippen LogP contribution in [0.4, 0.5) is 4.39 Å². The van der Waals surface area contributed by atoms with Crippen LogP contribution in [-0.4, -0.2) is 17.4 Å². The normalized spacial score (nSPS) is 9.93. The number of hydrogen-bond acceptors (Lipinski definition) is 2. The number of carboxylic acid groups (broad SMARTS) is 1. The summed E-state index contributed by atoms with van der Waals surface area (Å²) in [5, 5.41) is 7.75. The fourth-order valence-corrected chi connectivity index (χ4v) is 1.40. The molecule has 0 aliphatic carbocycles. The first-order valence-corrected chi connectivity index (χ1v) is 4.10. The maximum Gasteiger partial charge on any atom is 0.337 e. The number of aldehydes is 1. The minimum Gasteiger partial charge on any atom is -0.478 e. The number of hydrogen-bond donors (Lipinski definition) is 1.